The van der Waals surface area contributed by atoms with E-state index >= 15 is 0 Å². The van der Waals surface area contributed by atoms with Crippen LogP contribution in [0.25, 0.3) is 27.6 Å². The van der Waals surface area contributed by atoms with Crippen LogP contribution in [0.5, 0.6) is 5.75 Å². The predicted molar refractivity (Wildman–Crippen MR) is 409 cm³/mol. The monoisotopic (exact) mass is 1580 g/mol. The summed E-state index contributed by atoms with van der Waals surface area (Å²) in [5, 5.41) is 65.7. The number of nitrogens with one attached hydrogen (secondary N) is 3. The fraction of sp³-hybridized carbons (Fsp3) is 0.513. The average molecular weight is 1580 g/mol. The highest BCUT2D eigenvalue weighted by atomic mass is 32.1. The van der Waals surface area contributed by atoms with Gasteiger partial charge in [0.15, 0.2) is 22.6 Å². The van der Waals surface area contributed by atoms with Gasteiger partial charge in [-0.3, -0.25) is 48.3 Å². The molecular weight excluding hydrogens is 1490 g/mol. The Morgan fingerprint density at radius 2 is 1.58 bits per heavy atom. The Kier molecular flexibility index (Phi) is 24.3. The second kappa shape index (κ2) is 33.7. The molecule has 2 aromatic carbocycles. The fourth-order valence-corrected chi connectivity index (χ4v) is 20.0. The van der Waals surface area contributed by atoms with Crippen LogP contribution < -0.4 is 25.6 Å². The number of aromatic nitrogens is 5. The number of aliphatic hydroxyl groups is 3. The number of fused-ring (bicyclic) bond motifs is 2. The van der Waals surface area contributed by atoms with Crippen molar-refractivity contribution in [2.45, 2.75) is 173 Å². The number of unbranched alkanes of at least 4 members (excludes halogenated alkanes) is 2. The van der Waals surface area contributed by atoms with E-state index in [1.54, 1.807) is 47.6 Å². The van der Waals surface area contributed by atoms with Crippen molar-refractivity contribution in [3.05, 3.63) is 125 Å². The van der Waals surface area contributed by atoms with E-state index < -0.39 is 67.8 Å². The number of aliphatic carboxylic acids is 1. The lowest BCUT2D eigenvalue weighted by Crippen LogP contribution is -2.64. The molecule has 34 heteroatoms. The van der Waals surface area contributed by atoms with Gasteiger partial charge in [0.2, 0.25) is 18.1 Å². The SMILES string of the molecule is Cc1c(-c2ccc(N3CCc4cccc(C(=O)Nc5nc6ncccc6s5)c4C3)nc2C(=O)O)cnn1CC12CC3(C)CC(C)(C1)CC(OCCN(CCCP(=O)(O)O)C1CCN(C(=O)OC/C=C/c4ccc(O[C@@H]5O[C@H](C(=O)O)[C@@H](O)[C@H](O)[C@H]5O)c(NC(=O)CCNC(=O)CCCCCN5C(=O)C=CC5=O)c4)CC1)(C3)C2. The van der Waals surface area contributed by atoms with E-state index in [1.807, 2.05) is 46.8 Å². The van der Waals surface area contributed by atoms with E-state index in [0.29, 0.717) is 130 Å². The molecule has 4 bridgehead atoms. The number of carbonyl (C=O) groups excluding carboxylic acids is 6. The third-order valence-electron chi connectivity index (χ3n) is 22.6. The first-order valence-corrected chi connectivity index (χ1v) is 40.5. The Hall–Kier alpha value is -9.41. The largest absolute Gasteiger partial charge is 0.479 e. The molecule has 7 atom stereocenters. The highest BCUT2D eigenvalue weighted by Gasteiger charge is 2.66. The number of hydrogen-bond donors (Lipinski definition) is 10. The van der Waals surface area contributed by atoms with Gasteiger partial charge in [-0.05, 0) is 172 Å². The number of pyridine rings is 2. The quantitative estimate of drug-likeness (QED) is 0.0112. The second-order valence-corrected chi connectivity index (χ2v) is 34.3. The average Bonchev–Trinajstić information content (AvgIpc) is 0.780. The molecule has 598 valence electrons. The maximum atomic E-state index is 13.8. The first-order chi connectivity index (χ1) is 53.4. The number of carboxylic acid groups (broad SMARTS) is 2. The van der Waals surface area contributed by atoms with Crippen molar-refractivity contribution < 1.29 is 97.2 Å². The van der Waals surface area contributed by atoms with Crippen LogP contribution in [0.2, 0.25) is 0 Å². The van der Waals surface area contributed by atoms with Crippen molar-refractivity contribution in [2.75, 3.05) is 80.7 Å². The zero-order valence-corrected chi connectivity index (χ0v) is 64.3. The lowest BCUT2D eigenvalue weighted by atomic mass is 9.39. The molecule has 6 fully saturated rings. The molecule has 0 spiro atoms. The zero-order chi connectivity index (χ0) is 79.4. The van der Waals surface area contributed by atoms with Gasteiger partial charge in [-0.15, -0.1) is 0 Å². The van der Waals surface area contributed by atoms with Crippen molar-refractivity contribution >= 4 is 99.6 Å². The lowest BCUT2D eigenvalue weighted by molar-refractivity contribution is -0.271. The Morgan fingerprint density at radius 1 is 0.812 bits per heavy atom. The summed E-state index contributed by atoms with van der Waals surface area (Å²) in [7, 11) is -4.31. The van der Waals surface area contributed by atoms with Gasteiger partial charge in [0.25, 0.3) is 17.7 Å². The summed E-state index contributed by atoms with van der Waals surface area (Å²) in [4.78, 5) is 143. The van der Waals surface area contributed by atoms with Gasteiger partial charge in [-0.25, -0.2) is 24.4 Å². The Balaban J connectivity index is 0.611. The van der Waals surface area contributed by atoms with E-state index in [9.17, 15) is 78.2 Å². The van der Waals surface area contributed by atoms with Crippen molar-refractivity contribution in [1.29, 1.82) is 0 Å². The smallest absolute Gasteiger partial charge is 0.410 e. The van der Waals surface area contributed by atoms with Crippen LogP contribution in [-0.2, 0) is 62.3 Å². The molecule has 10 N–H and O–H groups in total. The number of ether oxygens (including phenoxy) is 4. The first-order valence-electron chi connectivity index (χ1n) is 37.9. The standard InChI is InChI=1S/C78H95N12O20PS/c1-47-53(51-17-19-58(83-63(51)70(99)100)88-30-23-49-12-7-13-52(54(49)39-88)69(98)85-73-84-68-57(112-73)14-8-26-80-68)38-81-90(47)46-77-41-75(2)40-76(3,42-77)44-78(43-75,45-77)108-35-33-86(28-10-36-111(104,105)106)50-24-31-87(32-25-50)74(103)107-34-9-11-48-16-18-56(109-72-66(97)64(95)65(96)67(110-72)71(101)102)55(37-48)82-60(92)22-27-79-59(91)15-5-4-6-29-89-61(93)20-21-62(89)94/h7-9,11-14,16-21,26,37-38,50,64-67,72,95-97H,4-6,10,15,22-25,27-36,39-46H2,1-3H3,(H,79,91)(H,82,92)(H,99,100)(H,101,102)(H2,104,105,106)(H,80,84,85,98)/b11-9+/t64-,65-,66+,67-,72+,75?,76?,77?,78?/m0/s1. The van der Waals surface area contributed by atoms with E-state index in [4.69, 9.17) is 29.0 Å². The number of thiazole rings is 1. The number of aliphatic hydroxyl groups excluding tert-OH is 3. The van der Waals surface area contributed by atoms with Crippen molar-refractivity contribution in [3.8, 4) is 16.9 Å². The van der Waals surface area contributed by atoms with Crippen LogP contribution in [0.15, 0.2) is 91.3 Å². The minimum absolute atomic E-state index is 0.00783. The van der Waals surface area contributed by atoms with Crippen molar-refractivity contribution in [3.63, 3.8) is 0 Å². The third-order valence-corrected chi connectivity index (χ3v) is 24.4. The third kappa shape index (κ3) is 18.8. The number of rotatable bonds is 32. The molecular formula is C78H95N12O20PS. The number of imide groups is 1. The topological polar surface area (TPSA) is 438 Å². The van der Waals surface area contributed by atoms with E-state index in [0.717, 1.165) is 64.9 Å². The Morgan fingerprint density at radius 3 is 2.31 bits per heavy atom. The van der Waals surface area contributed by atoms with Gasteiger partial charge in [0.1, 0.15) is 36.5 Å². The molecule has 112 heavy (non-hydrogen) atoms. The van der Waals surface area contributed by atoms with Crippen LogP contribution in [0.4, 0.5) is 21.4 Å². The number of nitrogens with zero attached hydrogens (tertiary/aromatic N) is 9. The molecule has 8 aliphatic rings. The predicted octanol–water partition coefficient (Wildman–Crippen LogP) is 7.29. The van der Waals surface area contributed by atoms with Crippen LogP contribution >= 0.6 is 18.9 Å². The molecule has 4 aliphatic carbocycles. The first kappa shape index (κ1) is 80.6. The molecule has 6 amide bonds. The molecule has 14 rings (SSSR count). The van der Waals surface area contributed by atoms with Gasteiger partial charge in [0, 0.05) is 112 Å². The van der Waals surface area contributed by atoms with Gasteiger partial charge in [-0.2, -0.15) is 10.1 Å². The number of anilines is 3. The molecule has 4 saturated carbocycles. The van der Waals surface area contributed by atoms with Crippen molar-refractivity contribution in [2.24, 2.45) is 16.2 Å². The number of piperidine rings is 1. The summed E-state index contributed by atoms with van der Waals surface area (Å²) in [6, 6.07) is 17.4. The normalized spacial score (nSPS) is 25.0. The van der Waals surface area contributed by atoms with Gasteiger partial charge >= 0.3 is 25.6 Å². The van der Waals surface area contributed by atoms with Gasteiger partial charge in [-0.1, -0.05) is 55.9 Å². The van der Waals surface area contributed by atoms with Gasteiger partial charge in [0.05, 0.1) is 35.0 Å². The minimum atomic E-state index is -4.31. The lowest BCUT2D eigenvalue weighted by Gasteiger charge is -2.69. The maximum Gasteiger partial charge on any atom is 0.410 e. The van der Waals surface area contributed by atoms with E-state index in [1.165, 1.54) is 35.6 Å². The molecule has 4 aromatic heterocycles. The fourth-order valence-electron chi connectivity index (χ4n) is 18.6. The summed E-state index contributed by atoms with van der Waals surface area (Å²) in [6.45, 7) is 10.1. The Bertz CT molecular complexity index is 4620. The summed E-state index contributed by atoms with van der Waals surface area (Å²) in [6.07, 6.45) is 7.37. The zero-order valence-electron chi connectivity index (χ0n) is 62.6. The Labute approximate surface area is 649 Å². The maximum absolute atomic E-state index is 13.8. The summed E-state index contributed by atoms with van der Waals surface area (Å²) >= 11 is 1.34. The second-order valence-electron chi connectivity index (χ2n) is 31.5. The number of carbonyl (C=O) groups is 8. The van der Waals surface area contributed by atoms with E-state index in [2.05, 4.69) is 44.7 Å². The molecule has 0 radical (unpaired) electrons. The van der Waals surface area contributed by atoms with Crippen LogP contribution in [0.1, 0.15) is 147 Å². The van der Waals surface area contributed by atoms with Crippen LogP contribution in [-0.4, -0.2) is 230 Å². The molecule has 2 saturated heterocycles. The minimum Gasteiger partial charge on any atom is -0.479 e. The number of likely N-dealkylation sites (tertiary alicyclic amines) is 1. The molecule has 8 heterocycles. The number of benzene rings is 2. The molecule has 4 aliphatic heterocycles. The molecule has 2 unspecified atom stereocenters. The summed E-state index contributed by atoms with van der Waals surface area (Å²) in [5.74, 6) is -4.44. The van der Waals surface area contributed by atoms with Crippen LogP contribution in [0, 0.1) is 23.2 Å². The van der Waals surface area contributed by atoms with Crippen LogP contribution in [0.3, 0.4) is 0 Å². The number of amides is 6. The van der Waals surface area contributed by atoms with Crippen molar-refractivity contribution in [1.82, 2.24) is 44.7 Å². The molecule has 6 aromatic rings. The highest BCUT2D eigenvalue weighted by molar-refractivity contribution is 7.51. The molecule has 32 nitrogen and oxygen atoms in total. The van der Waals surface area contributed by atoms with E-state index in [-0.39, 0.29) is 108 Å². The number of aromatic carboxylic acids is 1. The van der Waals surface area contributed by atoms with Gasteiger partial charge < -0.3 is 74.7 Å². The number of hydrogen-bond acceptors (Lipinski definition) is 23. The number of carboxylic acids is 2. The summed E-state index contributed by atoms with van der Waals surface area (Å²) < 4.78 is 39.1. The highest BCUT2D eigenvalue weighted by Crippen LogP contribution is 2.72. The summed E-state index contributed by atoms with van der Waals surface area (Å²) in [5.41, 5.74) is 4.45.